The molecule has 0 aliphatic carbocycles. The predicted molar refractivity (Wildman–Crippen MR) is 62.6 cm³/mol. The van der Waals surface area contributed by atoms with Crippen molar-refractivity contribution in [3.8, 4) is 11.5 Å². The molecule has 0 saturated carbocycles. The number of likely N-dealkylation sites (tertiary alicyclic amines) is 1. The molecule has 14 heavy (non-hydrogen) atoms. The number of hydrogen-bond donors (Lipinski definition) is 1. The molecule has 3 heteroatoms. The summed E-state index contributed by atoms with van der Waals surface area (Å²) in [4.78, 5) is 2.08. The Labute approximate surface area is 88.3 Å². The van der Waals surface area contributed by atoms with Crippen LogP contribution in [0.3, 0.4) is 0 Å². The number of rotatable bonds is 1. The van der Waals surface area contributed by atoms with Crippen molar-refractivity contribution in [3.63, 3.8) is 0 Å². The van der Waals surface area contributed by atoms with Crippen LogP contribution < -0.4 is 0 Å². The van der Waals surface area contributed by atoms with Crippen LogP contribution in [0.4, 0.5) is 0 Å². The number of nitrogens with zero attached hydrogens (tertiary/aromatic N) is 1. The van der Waals surface area contributed by atoms with E-state index < -0.39 is 14.3 Å². The van der Waals surface area contributed by atoms with E-state index in [9.17, 15) is 5.11 Å². The van der Waals surface area contributed by atoms with Gasteiger partial charge in [0.05, 0.1) is 0 Å². The number of piperidine rings is 1. The Kier molecular flexibility index (Phi) is 4.18. The third-order valence-corrected chi connectivity index (χ3v) is 3.21. The Morgan fingerprint density at radius 1 is 1.14 bits per heavy atom. The van der Waals surface area contributed by atoms with Gasteiger partial charge in [0.25, 0.3) is 0 Å². The minimum atomic E-state index is -1.33. The van der Waals surface area contributed by atoms with Crippen LogP contribution in [0.25, 0.3) is 0 Å². The summed E-state index contributed by atoms with van der Waals surface area (Å²) in [5.41, 5.74) is 3.22. The van der Waals surface area contributed by atoms with Gasteiger partial charge in [0.1, 0.15) is 8.07 Å². The molecular weight excluding hydrogens is 190 g/mol. The molecule has 1 rings (SSSR count). The molecule has 2 nitrogen and oxygen atoms in total. The summed E-state index contributed by atoms with van der Waals surface area (Å²) in [5, 5.41) is 9.81. The largest absolute Gasteiger partial charge is 0.367 e. The van der Waals surface area contributed by atoms with E-state index in [4.69, 9.17) is 0 Å². The molecule has 0 aromatic rings. The third-order valence-electron chi connectivity index (χ3n) is 2.31. The fourth-order valence-corrected chi connectivity index (χ4v) is 2.10. The van der Waals surface area contributed by atoms with Crippen LogP contribution >= 0.6 is 0 Å². The maximum absolute atomic E-state index is 9.81. The first-order valence-electron chi connectivity index (χ1n) is 5.44. The summed E-state index contributed by atoms with van der Waals surface area (Å²) >= 11 is 0. The molecule has 0 aromatic carbocycles. The first-order chi connectivity index (χ1) is 6.49. The Morgan fingerprint density at radius 3 is 2.21 bits per heavy atom. The molecule has 1 N–H and O–H groups in total. The summed E-state index contributed by atoms with van der Waals surface area (Å²) in [5.74, 6) is 2.99. The van der Waals surface area contributed by atoms with E-state index in [1.54, 1.807) is 0 Å². The van der Waals surface area contributed by atoms with Gasteiger partial charge in [0, 0.05) is 13.1 Å². The predicted octanol–water partition coefficient (Wildman–Crippen LogP) is 1.67. The van der Waals surface area contributed by atoms with E-state index in [0.717, 1.165) is 13.1 Å². The molecule has 1 atom stereocenters. The molecular formula is C11H21NOSi. The molecule has 1 fully saturated rings. The van der Waals surface area contributed by atoms with Crippen molar-refractivity contribution in [2.24, 2.45) is 0 Å². The highest BCUT2D eigenvalue weighted by molar-refractivity contribution is 6.83. The van der Waals surface area contributed by atoms with Crippen LogP contribution in [0.1, 0.15) is 19.3 Å². The van der Waals surface area contributed by atoms with Crippen molar-refractivity contribution in [1.82, 2.24) is 4.90 Å². The van der Waals surface area contributed by atoms with Crippen LogP contribution in [0.2, 0.25) is 19.6 Å². The third kappa shape index (κ3) is 4.27. The molecule has 0 aromatic heterocycles. The van der Waals surface area contributed by atoms with Gasteiger partial charge in [-0.3, -0.25) is 4.90 Å². The van der Waals surface area contributed by atoms with Crippen LogP contribution in [0.15, 0.2) is 0 Å². The molecule has 1 aliphatic rings. The van der Waals surface area contributed by atoms with E-state index in [2.05, 4.69) is 36.0 Å². The van der Waals surface area contributed by atoms with Gasteiger partial charge in [-0.2, -0.15) is 0 Å². The maximum atomic E-state index is 9.81. The number of aliphatic hydroxyl groups is 1. The molecule has 1 heterocycles. The second-order valence-corrected chi connectivity index (χ2v) is 9.74. The minimum Gasteiger partial charge on any atom is -0.367 e. The van der Waals surface area contributed by atoms with Crippen molar-refractivity contribution in [1.29, 1.82) is 0 Å². The van der Waals surface area contributed by atoms with Crippen LogP contribution in [-0.4, -0.2) is 37.4 Å². The molecule has 0 amide bonds. The lowest BCUT2D eigenvalue weighted by Crippen LogP contribution is -2.38. The monoisotopic (exact) mass is 211 g/mol. The quantitative estimate of drug-likeness (QED) is 0.527. The molecule has 80 valence electrons. The summed E-state index contributed by atoms with van der Waals surface area (Å²) in [6.07, 6.45) is 3.17. The highest BCUT2D eigenvalue weighted by atomic mass is 28.3. The zero-order valence-corrected chi connectivity index (χ0v) is 10.5. The van der Waals surface area contributed by atoms with Crippen molar-refractivity contribution in [2.45, 2.75) is 45.1 Å². The fraction of sp³-hybridized carbons (Fsp3) is 0.818. The van der Waals surface area contributed by atoms with E-state index in [1.807, 2.05) is 0 Å². The van der Waals surface area contributed by atoms with E-state index in [-0.39, 0.29) is 0 Å². The van der Waals surface area contributed by atoms with Crippen LogP contribution in [0, 0.1) is 11.5 Å². The SMILES string of the molecule is C[Si](C)(C)C#CC(O)N1CCCCC1. The van der Waals surface area contributed by atoms with Gasteiger partial charge in [0.15, 0.2) is 6.23 Å². The topological polar surface area (TPSA) is 23.5 Å². The second kappa shape index (κ2) is 4.97. The minimum absolute atomic E-state index is 0.526. The highest BCUT2D eigenvalue weighted by Gasteiger charge is 2.16. The van der Waals surface area contributed by atoms with Gasteiger partial charge in [-0.25, -0.2) is 0 Å². The lowest BCUT2D eigenvalue weighted by Gasteiger charge is -2.28. The van der Waals surface area contributed by atoms with Crippen LogP contribution in [0.5, 0.6) is 0 Å². The number of aliphatic hydroxyl groups excluding tert-OH is 1. The van der Waals surface area contributed by atoms with Gasteiger partial charge in [-0.1, -0.05) is 32.0 Å². The average molecular weight is 211 g/mol. The zero-order valence-electron chi connectivity index (χ0n) is 9.51. The Balaban J connectivity index is 2.46. The lowest BCUT2D eigenvalue weighted by molar-refractivity contribution is 0.0355. The van der Waals surface area contributed by atoms with E-state index >= 15 is 0 Å². The van der Waals surface area contributed by atoms with E-state index in [1.165, 1.54) is 19.3 Å². The molecule has 0 bridgehead atoms. The van der Waals surface area contributed by atoms with Crippen molar-refractivity contribution in [3.05, 3.63) is 0 Å². The van der Waals surface area contributed by atoms with E-state index in [0.29, 0.717) is 0 Å². The molecule has 1 aliphatic heterocycles. The normalized spacial score (nSPS) is 21.1. The van der Waals surface area contributed by atoms with Gasteiger partial charge in [0.2, 0.25) is 0 Å². The number of hydrogen-bond acceptors (Lipinski definition) is 2. The van der Waals surface area contributed by atoms with Gasteiger partial charge >= 0.3 is 0 Å². The van der Waals surface area contributed by atoms with Gasteiger partial charge < -0.3 is 5.11 Å². The summed E-state index contributed by atoms with van der Waals surface area (Å²) < 4.78 is 0. The van der Waals surface area contributed by atoms with Crippen molar-refractivity contribution in [2.75, 3.05) is 13.1 Å². The smallest absolute Gasteiger partial charge is 0.170 e. The second-order valence-electron chi connectivity index (χ2n) is 4.99. The van der Waals surface area contributed by atoms with Crippen LogP contribution in [-0.2, 0) is 0 Å². The van der Waals surface area contributed by atoms with Crippen molar-refractivity contribution >= 4 is 8.07 Å². The summed E-state index contributed by atoms with van der Waals surface area (Å²) in [6.45, 7) is 8.60. The fourth-order valence-electron chi connectivity index (χ4n) is 1.54. The summed E-state index contributed by atoms with van der Waals surface area (Å²) in [7, 11) is -1.33. The molecule has 0 spiro atoms. The first-order valence-corrected chi connectivity index (χ1v) is 8.94. The Hall–Kier alpha value is -0.303. The zero-order chi connectivity index (χ0) is 10.6. The van der Waals surface area contributed by atoms with Crippen molar-refractivity contribution < 1.29 is 5.11 Å². The molecule has 0 radical (unpaired) electrons. The average Bonchev–Trinajstić information content (AvgIpc) is 2.14. The lowest BCUT2D eigenvalue weighted by atomic mass is 10.1. The first kappa shape index (κ1) is 11.8. The highest BCUT2D eigenvalue weighted by Crippen LogP contribution is 2.10. The van der Waals surface area contributed by atoms with Gasteiger partial charge in [-0.05, 0) is 12.8 Å². The molecule has 1 unspecified atom stereocenters. The molecule has 1 saturated heterocycles. The maximum Gasteiger partial charge on any atom is 0.170 e. The summed E-state index contributed by atoms with van der Waals surface area (Å²) in [6, 6.07) is 0. The van der Waals surface area contributed by atoms with Gasteiger partial charge in [-0.15, -0.1) is 5.54 Å². The Morgan fingerprint density at radius 2 is 1.71 bits per heavy atom. The Bertz CT molecular complexity index is 230. The standard InChI is InChI=1S/C11H21NOSi/c1-14(2,3)10-7-11(13)12-8-5-4-6-9-12/h11,13H,4-6,8-9H2,1-3H3.